The maximum atomic E-state index is 11.5. The van der Waals surface area contributed by atoms with Gasteiger partial charge in [0.2, 0.25) is 5.91 Å². The molecule has 2 unspecified atom stereocenters. The molecule has 3 N–H and O–H groups in total. The van der Waals surface area contributed by atoms with Gasteiger partial charge in [0, 0.05) is 19.1 Å². The number of likely N-dealkylation sites (N-methyl/N-ethyl adjacent to an activating group) is 1. The largest absolute Gasteiger partial charge is 0.358 e. The van der Waals surface area contributed by atoms with Gasteiger partial charge in [-0.25, -0.2) is 0 Å². The van der Waals surface area contributed by atoms with Crippen molar-refractivity contribution in [3.8, 4) is 0 Å². The Morgan fingerprint density at radius 2 is 2.12 bits per heavy atom. The molecular weight excluding hydrogens is 202 g/mol. The number of carbonyl (C=O) groups is 1. The third-order valence-corrected chi connectivity index (χ3v) is 3.39. The van der Waals surface area contributed by atoms with Gasteiger partial charge in [-0.15, -0.1) is 0 Å². The topological polar surface area (TPSA) is 58.4 Å². The minimum Gasteiger partial charge on any atom is -0.358 e. The number of hydrogen-bond acceptors (Lipinski definition) is 3. The molecule has 1 rings (SSSR count). The molecule has 0 aromatic rings. The second kappa shape index (κ2) is 6.86. The molecule has 16 heavy (non-hydrogen) atoms. The van der Waals surface area contributed by atoms with Crippen LogP contribution >= 0.6 is 0 Å². The lowest BCUT2D eigenvalue weighted by Gasteiger charge is -2.37. The summed E-state index contributed by atoms with van der Waals surface area (Å²) >= 11 is 0. The number of rotatable bonds is 5. The van der Waals surface area contributed by atoms with Crippen LogP contribution < -0.4 is 11.1 Å². The fourth-order valence-corrected chi connectivity index (χ4v) is 2.51. The number of nitrogens with one attached hydrogen (secondary N) is 1. The van der Waals surface area contributed by atoms with Crippen molar-refractivity contribution in [1.29, 1.82) is 0 Å². The van der Waals surface area contributed by atoms with Crippen LogP contribution in [0.2, 0.25) is 0 Å². The summed E-state index contributed by atoms with van der Waals surface area (Å²) in [4.78, 5) is 13.7. The Balaban J connectivity index is 2.56. The number of nitrogens with zero attached hydrogens (tertiary/aromatic N) is 1. The first kappa shape index (κ1) is 13.5. The summed E-state index contributed by atoms with van der Waals surface area (Å²) in [5, 5.41) is 2.69. The van der Waals surface area contributed by atoms with E-state index >= 15 is 0 Å². The first-order valence-electron chi connectivity index (χ1n) is 6.39. The van der Waals surface area contributed by atoms with Crippen LogP contribution in [-0.2, 0) is 4.79 Å². The molecule has 4 nitrogen and oxygen atoms in total. The van der Waals surface area contributed by atoms with E-state index < -0.39 is 0 Å². The van der Waals surface area contributed by atoms with Crippen LogP contribution in [-0.4, -0.2) is 43.0 Å². The zero-order chi connectivity index (χ0) is 12.0. The maximum Gasteiger partial charge on any atom is 0.233 e. The summed E-state index contributed by atoms with van der Waals surface area (Å²) < 4.78 is 0. The second-order valence-electron chi connectivity index (χ2n) is 4.66. The zero-order valence-corrected chi connectivity index (χ0v) is 10.5. The molecular formula is C12H25N3O. The van der Waals surface area contributed by atoms with E-state index in [1.807, 2.05) is 0 Å². The highest BCUT2D eigenvalue weighted by Gasteiger charge is 2.27. The molecule has 0 aliphatic heterocycles. The number of nitrogens with two attached hydrogens (primary N) is 1. The first-order valence-corrected chi connectivity index (χ1v) is 6.39. The lowest BCUT2D eigenvalue weighted by molar-refractivity contribution is -0.122. The SMILES string of the molecule is CCCN(CC(=O)NC)C1CCCCC1N. The van der Waals surface area contributed by atoms with Gasteiger partial charge in [0.25, 0.3) is 0 Å². The fraction of sp³-hybridized carbons (Fsp3) is 0.917. The van der Waals surface area contributed by atoms with Crippen LogP contribution in [0, 0.1) is 0 Å². The Labute approximate surface area is 98.6 Å². The van der Waals surface area contributed by atoms with Gasteiger partial charge < -0.3 is 11.1 Å². The highest BCUT2D eigenvalue weighted by molar-refractivity contribution is 5.77. The van der Waals surface area contributed by atoms with E-state index in [0.717, 1.165) is 25.8 Å². The van der Waals surface area contributed by atoms with Crippen molar-refractivity contribution in [3.63, 3.8) is 0 Å². The third kappa shape index (κ3) is 3.76. The van der Waals surface area contributed by atoms with Gasteiger partial charge in [-0.1, -0.05) is 19.8 Å². The molecule has 0 aromatic carbocycles. The molecule has 0 spiro atoms. The molecule has 0 heterocycles. The van der Waals surface area contributed by atoms with Crippen LogP contribution in [0.4, 0.5) is 0 Å². The fourth-order valence-electron chi connectivity index (χ4n) is 2.51. The first-order chi connectivity index (χ1) is 7.69. The maximum absolute atomic E-state index is 11.5. The van der Waals surface area contributed by atoms with Crippen molar-refractivity contribution in [2.75, 3.05) is 20.1 Å². The Morgan fingerprint density at radius 1 is 1.44 bits per heavy atom. The van der Waals surface area contributed by atoms with E-state index in [-0.39, 0.29) is 11.9 Å². The monoisotopic (exact) mass is 227 g/mol. The van der Waals surface area contributed by atoms with Gasteiger partial charge in [-0.05, 0) is 25.8 Å². The molecule has 2 atom stereocenters. The van der Waals surface area contributed by atoms with E-state index in [9.17, 15) is 4.79 Å². The smallest absolute Gasteiger partial charge is 0.233 e. The summed E-state index contributed by atoms with van der Waals surface area (Å²) in [6, 6.07) is 0.635. The molecule has 0 bridgehead atoms. The predicted octanol–water partition coefficient (Wildman–Crippen LogP) is 0.714. The predicted molar refractivity (Wildman–Crippen MR) is 66.2 cm³/mol. The molecule has 94 valence electrons. The van der Waals surface area contributed by atoms with Crippen molar-refractivity contribution in [2.45, 2.75) is 51.1 Å². The Morgan fingerprint density at radius 3 is 2.69 bits per heavy atom. The van der Waals surface area contributed by atoms with Crippen LogP contribution in [0.3, 0.4) is 0 Å². The number of carbonyl (C=O) groups excluding carboxylic acids is 1. The number of amides is 1. The second-order valence-corrected chi connectivity index (χ2v) is 4.66. The molecule has 1 fully saturated rings. The van der Waals surface area contributed by atoms with E-state index in [0.29, 0.717) is 12.6 Å². The van der Waals surface area contributed by atoms with Gasteiger partial charge in [-0.3, -0.25) is 9.69 Å². The van der Waals surface area contributed by atoms with Crippen molar-refractivity contribution < 1.29 is 4.79 Å². The van der Waals surface area contributed by atoms with Gasteiger partial charge in [0.05, 0.1) is 6.54 Å². The minimum absolute atomic E-state index is 0.0891. The highest BCUT2D eigenvalue weighted by Crippen LogP contribution is 2.21. The van der Waals surface area contributed by atoms with Crippen LogP contribution in [0.1, 0.15) is 39.0 Å². The van der Waals surface area contributed by atoms with Crippen molar-refractivity contribution in [3.05, 3.63) is 0 Å². The summed E-state index contributed by atoms with van der Waals surface area (Å²) in [5.41, 5.74) is 6.15. The highest BCUT2D eigenvalue weighted by atomic mass is 16.1. The lowest BCUT2D eigenvalue weighted by atomic mass is 9.89. The molecule has 0 aromatic heterocycles. The van der Waals surface area contributed by atoms with E-state index in [2.05, 4.69) is 17.1 Å². The standard InChI is InChI=1S/C12H25N3O/c1-3-8-15(9-12(16)14-2)11-7-5-4-6-10(11)13/h10-11H,3-9,13H2,1-2H3,(H,14,16). The molecule has 0 radical (unpaired) electrons. The molecule has 1 aliphatic carbocycles. The van der Waals surface area contributed by atoms with Gasteiger partial charge in [-0.2, -0.15) is 0 Å². The van der Waals surface area contributed by atoms with E-state index in [1.165, 1.54) is 12.8 Å². The van der Waals surface area contributed by atoms with Crippen LogP contribution in [0.25, 0.3) is 0 Å². The molecule has 1 amide bonds. The quantitative estimate of drug-likeness (QED) is 0.727. The average molecular weight is 227 g/mol. The Bertz CT molecular complexity index is 220. The lowest BCUT2D eigenvalue weighted by Crippen LogP contribution is -2.52. The van der Waals surface area contributed by atoms with Gasteiger partial charge in [0.15, 0.2) is 0 Å². The molecule has 1 aliphatic rings. The summed E-state index contributed by atoms with van der Waals surface area (Å²) in [5.74, 6) is 0.0891. The van der Waals surface area contributed by atoms with Crippen molar-refractivity contribution >= 4 is 5.91 Å². The summed E-state index contributed by atoms with van der Waals surface area (Å²) in [7, 11) is 1.69. The number of hydrogen-bond donors (Lipinski definition) is 2. The van der Waals surface area contributed by atoms with Gasteiger partial charge in [0.1, 0.15) is 0 Å². The average Bonchev–Trinajstić information content (AvgIpc) is 2.29. The van der Waals surface area contributed by atoms with Crippen LogP contribution in [0.5, 0.6) is 0 Å². The molecule has 0 saturated heterocycles. The minimum atomic E-state index is 0.0891. The van der Waals surface area contributed by atoms with Gasteiger partial charge >= 0.3 is 0 Å². The van der Waals surface area contributed by atoms with Crippen LogP contribution in [0.15, 0.2) is 0 Å². The van der Waals surface area contributed by atoms with Crippen molar-refractivity contribution in [1.82, 2.24) is 10.2 Å². The van der Waals surface area contributed by atoms with E-state index in [1.54, 1.807) is 7.05 Å². The summed E-state index contributed by atoms with van der Waals surface area (Å²) in [6.07, 6.45) is 5.78. The Kier molecular flexibility index (Phi) is 5.77. The Hall–Kier alpha value is -0.610. The summed E-state index contributed by atoms with van der Waals surface area (Å²) in [6.45, 7) is 3.60. The normalized spacial score (nSPS) is 25.8. The zero-order valence-electron chi connectivity index (χ0n) is 10.5. The van der Waals surface area contributed by atoms with Crippen molar-refractivity contribution in [2.24, 2.45) is 5.73 Å². The molecule has 4 heteroatoms. The third-order valence-electron chi connectivity index (χ3n) is 3.39. The van der Waals surface area contributed by atoms with E-state index in [4.69, 9.17) is 5.73 Å². The molecule has 1 saturated carbocycles.